The van der Waals surface area contributed by atoms with Gasteiger partial charge in [-0.15, -0.1) is 11.3 Å². The molecule has 0 saturated carbocycles. The van der Waals surface area contributed by atoms with Crippen molar-refractivity contribution in [3.05, 3.63) is 93.3 Å². The van der Waals surface area contributed by atoms with Crippen LogP contribution in [0.15, 0.2) is 71.2 Å². The highest BCUT2D eigenvalue weighted by atomic mass is 32.1. The molecule has 2 aliphatic rings. The van der Waals surface area contributed by atoms with Crippen molar-refractivity contribution in [1.29, 1.82) is 0 Å². The van der Waals surface area contributed by atoms with Crippen molar-refractivity contribution < 1.29 is 32.6 Å². The molecular weight excluding hydrogens is 512 g/mol. The van der Waals surface area contributed by atoms with E-state index in [-0.39, 0.29) is 30.7 Å². The molecule has 0 saturated heterocycles. The second-order valence-corrected chi connectivity index (χ2v) is 10.1. The normalized spacial score (nSPS) is 21.4. The van der Waals surface area contributed by atoms with E-state index in [4.69, 9.17) is 9.47 Å². The molecule has 0 bridgehead atoms. The van der Waals surface area contributed by atoms with Gasteiger partial charge in [-0.25, -0.2) is 8.78 Å². The summed E-state index contributed by atoms with van der Waals surface area (Å²) in [5.41, 5.74) is 1.14. The molecule has 2 heterocycles. The van der Waals surface area contributed by atoms with E-state index in [0.29, 0.717) is 23.1 Å². The number of hydrogen-bond acceptors (Lipinski definition) is 6. The Balaban J connectivity index is 1.72. The molecule has 1 amide bonds. The van der Waals surface area contributed by atoms with Gasteiger partial charge in [0.05, 0.1) is 19.4 Å². The molecule has 1 aliphatic heterocycles. The standard InChI is InChI=1S/C29H25F2NO5S/c1-3-37-29(35)27-20(24-5-4-12-38-24)14-23-26(28(27)34)19(16-6-9-18(36-2)10-7-16)15-25(33)32(23)22-11-8-17(30)13-21(22)31/h4-13,19-20,27H,3,14-15H2,1-2H3/t19-,20-,27-/m0/s1. The molecule has 1 aliphatic carbocycles. The van der Waals surface area contributed by atoms with Crippen LogP contribution in [0, 0.1) is 17.6 Å². The molecule has 0 fully saturated rings. The van der Waals surface area contributed by atoms with Crippen molar-refractivity contribution in [1.82, 2.24) is 0 Å². The van der Waals surface area contributed by atoms with E-state index in [1.807, 2.05) is 17.5 Å². The molecule has 3 aromatic rings. The van der Waals surface area contributed by atoms with Crippen LogP contribution in [0.2, 0.25) is 0 Å². The monoisotopic (exact) mass is 537 g/mol. The predicted molar refractivity (Wildman–Crippen MR) is 138 cm³/mol. The third-order valence-corrected chi connectivity index (χ3v) is 8.04. The van der Waals surface area contributed by atoms with Gasteiger partial charge in [-0.3, -0.25) is 19.3 Å². The van der Waals surface area contributed by atoms with Gasteiger partial charge in [-0.2, -0.15) is 0 Å². The lowest BCUT2D eigenvalue weighted by atomic mass is 9.69. The summed E-state index contributed by atoms with van der Waals surface area (Å²) in [7, 11) is 1.54. The minimum absolute atomic E-state index is 0.110. The number of rotatable bonds is 6. The smallest absolute Gasteiger partial charge is 0.317 e. The van der Waals surface area contributed by atoms with Crippen LogP contribution in [0.25, 0.3) is 0 Å². The summed E-state index contributed by atoms with van der Waals surface area (Å²) in [6.45, 7) is 1.79. The number of thiophene rings is 1. The van der Waals surface area contributed by atoms with Crippen LogP contribution in [-0.4, -0.2) is 31.4 Å². The Morgan fingerprint density at radius 3 is 2.47 bits per heavy atom. The highest BCUT2D eigenvalue weighted by molar-refractivity contribution is 7.10. The maximum atomic E-state index is 15.0. The lowest BCUT2D eigenvalue weighted by molar-refractivity contribution is -0.152. The molecule has 6 nitrogen and oxygen atoms in total. The van der Waals surface area contributed by atoms with Crippen LogP contribution in [0.3, 0.4) is 0 Å². The van der Waals surface area contributed by atoms with Gasteiger partial charge in [0.2, 0.25) is 5.91 Å². The Kier molecular flexibility index (Phi) is 7.12. The summed E-state index contributed by atoms with van der Waals surface area (Å²) in [6.07, 6.45) is -0.00673. The number of hydrogen-bond donors (Lipinski definition) is 0. The molecule has 5 rings (SSSR count). The summed E-state index contributed by atoms with van der Waals surface area (Å²) in [6, 6.07) is 13.6. The number of carbonyl (C=O) groups is 3. The van der Waals surface area contributed by atoms with E-state index in [9.17, 15) is 18.8 Å². The number of ketones is 1. The fraction of sp³-hybridized carbons (Fsp3) is 0.276. The Morgan fingerprint density at radius 1 is 1.08 bits per heavy atom. The molecule has 3 atom stereocenters. The Bertz CT molecular complexity index is 1420. The highest BCUT2D eigenvalue weighted by Gasteiger charge is 2.50. The quantitative estimate of drug-likeness (QED) is 0.296. The molecule has 196 valence electrons. The zero-order valence-corrected chi connectivity index (χ0v) is 21.6. The fourth-order valence-electron chi connectivity index (χ4n) is 5.37. The summed E-state index contributed by atoms with van der Waals surface area (Å²) in [4.78, 5) is 43.0. The number of carbonyl (C=O) groups excluding carboxylic acids is 3. The third kappa shape index (κ3) is 4.51. The van der Waals surface area contributed by atoms with Crippen molar-refractivity contribution >= 4 is 34.7 Å². The molecule has 1 aromatic heterocycles. The molecular formula is C29H25F2NO5S. The van der Waals surface area contributed by atoms with E-state index in [1.54, 1.807) is 31.2 Å². The first-order valence-electron chi connectivity index (χ1n) is 12.2. The van der Waals surface area contributed by atoms with Crippen molar-refractivity contribution in [3.8, 4) is 5.75 Å². The van der Waals surface area contributed by atoms with Gasteiger partial charge >= 0.3 is 5.97 Å². The lowest BCUT2D eigenvalue weighted by Gasteiger charge is -2.42. The summed E-state index contributed by atoms with van der Waals surface area (Å²) in [5, 5.41) is 1.84. The van der Waals surface area contributed by atoms with Gasteiger partial charge in [0, 0.05) is 40.5 Å². The van der Waals surface area contributed by atoms with Gasteiger partial charge in [0.15, 0.2) is 5.78 Å². The number of halogens is 2. The van der Waals surface area contributed by atoms with Crippen molar-refractivity contribution in [2.24, 2.45) is 5.92 Å². The second-order valence-electron chi connectivity index (χ2n) is 9.14. The predicted octanol–water partition coefficient (Wildman–Crippen LogP) is 5.75. The number of anilines is 1. The van der Waals surface area contributed by atoms with E-state index in [1.165, 1.54) is 29.4 Å². The van der Waals surface area contributed by atoms with Crippen molar-refractivity contribution in [2.45, 2.75) is 31.6 Å². The molecule has 2 aromatic carbocycles. The van der Waals surface area contributed by atoms with E-state index in [0.717, 1.165) is 10.9 Å². The second kappa shape index (κ2) is 10.5. The molecule has 0 radical (unpaired) electrons. The number of amides is 1. The van der Waals surface area contributed by atoms with Crippen molar-refractivity contribution in [2.75, 3.05) is 18.6 Å². The largest absolute Gasteiger partial charge is 0.497 e. The van der Waals surface area contributed by atoms with Crippen LogP contribution < -0.4 is 9.64 Å². The molecule has 9 heteroatoms. The number of Topliss-reactive ketones (excluding diaryl/α,β-unsaturated/α-hetero) is 1. The maximum absolute atomic E-state index is 15.0. The van der Waals surface area contributed by atoms with Crippen LogP contribution in [0.1, 0.15) is 42.0 Å². The molecule has 0 N–H and O–H groups in total. The summed E-state index contributed by atoms with van der Waals surface area (Å²) in [5.74, 6) is -4.97. The number of esters is 1. The van der Waals surface area contributed by atoms with Crippen molar-refractivity contribution in [3.63, 3.8) is 0 Å². The molecule has 0 spiro atoms. The lowest BCUT2D eigenvalue weighted by Crippen LogP contribution is -2.46. The highest BCUT2D eigenvalue weighted by Crippen LogP contribution is 2.50. The Hall–Kier alpha value is -3.85. The van der Waals surface area contributed by atoms with E-state index in [2.05, 4.69) is 0 Å². The number of nitrogens with zero attached hydrogens (tertiary/aromatic N) is 1. The minimum Gasteiger partial charge on any atom is -0.497 e. The zero-order chi connectivity index (χ0) is 27.0. The third-order valence-electron chi connectivity index (χ3n) is 7.04. The fourth-order valence-corrected chi connectivity index (χ4v) is 6.23. The van der Waals surface area contributed by atoms with Crippen LogP contribution in [-0.2, 0) is 19.1 Å². The first-order valence-corrected chi connectivity index (χ1v) is 13.1. The van der Waals surface area contributed by atoms with E-state index >= 15 is 4.39 Å². The van der Waals surface area contributed by atoms with Gasteiger partial charge in [0.25, 0.3) is 0 Å². The Morgan fingerprint density at radius 2 is 1.84 bits per heavy atom. The van der Waals surface area contributed by atoms with Gasteiger partial charge in [-0.05, 0) is 54.6 Å². The summed E-state index contributed by atoms with van der Waals surface area (Å²) >= 11 is 1.39. The van der Waals surface area contributed by atoms with Gasteiger partial charge in [0.1, 0.15) is 23.3 Å². The maximum Gasteiger partial charge on any atom is 0.317 e. The summed E-state index contributed by atoms with van der Waals surface area (Å²) < 4.78 is 39.3. The SMILES string of the molecule is CCOC(=O)[C@@H]1C(=O)C2=C(C[C@H]1c1cccs1)N(c1ccc(F)cc1F)C(=O)C[C@H]2c1ccc(OC)cc1. The number of methoxy groups -OCH3 is 1. The average Bonchev–Trinajstić information content (AvgIpc) is 3.44. The Labute approximate surface area is 222 Å². The van der Waals surface area contributed by atoms with Crippen LogP contribution in [0.4, 0.5) is 14.5 Å². The topological polar surface area (TPSA) is 72.9 Å². The van der Waals surface area contributed by atoms with Crippen LogP contribution in [0.5, 0.6) is 5.75 Å². The molecule has 38 heavy (non-hydrogen) atoms. The number of allylic oxidation sites excluding steroid dienone is 2. The minimum atomic E-state index is -1.11. The number of ether oxygens (including phenoxy) is 2. The zero-order valence-electron chi connectivity index (χ0n) is 20.8. The first kappa shape index (κ1) is 25.8. The van der Waals surface area contributed by atoms with Gasteiger partial charge in [-0.1, -0.05) is 18.2 Å². The van der Waals surface area contributed by atoms with Crippen LogP contribution >= 0.6 is 11.3 Å². The first-order chi connectivity index (χ1) is 18.3. The van der Waals surface area contributed by atoms with Gasteiger partial charge < -0.3 is 9.47 Å². The average molecular weight is 538 g/mol. The molecule has 0 unspecified atom stereocenters. The number of benzene rings is 2. The van der Waals surface area contributed by atoms with E-state index < -0.39 is 47.0 Å².